The molecule has 0 unspecified atom stereocenters. The van der Waals surface area contributed by atoms with E-state index < -0.39 is 0 Å². The third-order valence-electron chi connectivity index (χ3n) is 1.02. The number of rotatable bonds is 1. The average molecular weight is 194 g/mol. The molecule has 1 heterocycles. The van der Waals surface area contributed by atoms with Crippen molar-refractivity contribution in [2.45, 2.75) is 4.90 Å². The van der Waals surface area contributed by atoms with E-state index in [1.807, 2.05) is 6.26 Å². The van der Waals surface area contributed by atoms with Gasteiger partial charge in [-0.25, -0.2) is 4.98 Å². The maximum absolute atomic E-state index is 5.78. The monoisotopic (exact) mass is 193 g/mol. The van der Waals surface area contributed by atoms with E-state index in [0.717, 1.165) is 4.90 Å². The number of hydrogen-bond acceptors (Lipinski definition) is 2. The number of aromatic nitrogens is 1. The molecule has 0 amide bonds. The van der Waals surface area contributed by atoms with Crippen molar-refractivity contribution in [3.05, 3.63) is 22.4 Å². The molecule has 0 aliphatic heterocycles. The van der Waals surface area contributed by atoms with Crippen LogP contribution in [0.2, 0.25) is 10.2 Å². The molecule has 54 valence electrons. The molecule has 1 rings (SSSR count). The quantitative estimate of drug-likeness (QED) is 0.503. The van der Waals surface area contributed by atoms with Crippen LogP contribution in [0.4, 0.5) is 0 Å². The normalized spacial score (nSPS) is 9.90. The Kier molecular flexibility index (Phi) is 2.83. The Bertz CT molecular complexity index is 219. The van der Waals surface area contributed by atoms with Gasteiger partial charge in [0, 0.05) is 6.20 Å². The topological polar surface area (TPSA) is 12.9 Å². The van der Waals surface area contributed by atoms with Crippen molar-refractivity contribution in [3.8, 4) is 0 Å². The van der Waals surface area contributed by atoms with Crippen LogP contribution in [-0.4, -0.2) is 11.2 Å². The average Bonchev–Trinajstić information content (AvgIpc) is 1.88. The molecule has 0 saturated carbocycles. The smallest absolute Gasteiger partial charge is 0.144 e. The number of hydrogen-bond donors (Lipinski definition) is 0. The van der Waals surface area contributed by atoms with Crippen LogP contribution in [0.25, 0.3) is 0 Å². The molecule has 0 spiro atoms. The van der Waals surface area contributed by atoms with E-state index in [1.165, 1.54) is 11.8 Å². The SMILES string of the molecule is CSc1c(Cl)ccnc1Cl. The molecule has 1 aromatic rings. The summed E-state index contributed by atoms with van der Waals surface area (Å²) >= 11 is 13.0. The molecule has 1 nitrogen and oxygen atoms in total. The minimum atomic E-state index is 0.472. The van der Waals surface area contributed by atoms with Crippen molar-refractivity contribution in [1.82, 2.24) is 4.98 Å². The minimum Gasteiger partial charge on any atom is -0.243 e. The highest BCUT2D eigenvalue weighted by molar-refractivity contribution is 7.98. The largest absolute Gasteiger partial charge is 0.243 e. The predicted octanol–water partition coefficient (Wildman–Crippen LogP) is 3.11. The second-order valence-electron chi connectivity index (χ2n) is 1.62. The Balaban J connectivity index is 3.17. The van der Waals surface area contributed by atoms with E-state index in [-0.39, 0.29) is 0 Å². The van der Waals surface area contributed by atoms with Crippen molar-refractivity contribution in [1.29, 1.82) is 0 Å². The van der Waals surface area contributed by atoms with Crippen molar-refractivity contribution in [2.24, 2.45) is 0 Å². The maximum atomic E-state index is 5.78. The van der Waals surface area contributed by atoms with Crippen LogP contribution in [0.3, 0.4) is 0 Å². The molecule has 0 bridgehead atoms. The Labute approximate surface area is 73.7 Å². The summed E-state index contributed by atoms with van der Waals surface area (Å²) < 4.78 is 0. The summed E-state index contributed by atoms with van der Waals surface area (Å²) in [4.78, 5) is 4.71. The van der Waals surface area contributed by atoms with Crippen LogP contribution >= 0.6 is 35.0 Å². The van der Waals surface area contributed by atoms with E-state index in [4.69, 9.17) is 23.2 Å². The van der Waals surface area contributed by atoms with E-state index in [1.54, 1.807) is 12.3 Å². The van der Waals surface area contributed by atoms with Crippen molar-refractivity contribution < 1.29 is 0 Å². The zero-order chi connectivity index (χ0) is 7.56. The van der Waals surface area contributed by atoms with E-state index in [9.17, 15) is 0 Å². The Morgan fingerprint density at radius 1 is 1.50 bits per heavy atom. The molecule has 0 saturated heterocycles. The minimum absolute atomic E-state index is 0.472. The molecule has 0 aliphatic rings. The van der Waals surface area contributed by atoms with Crippen molar-refractivity contribution >= 4 is 35.0 Å². The van der Waals surface area contributed by atoms with Crippen molar-refractivity contribution in [3.63, 3.8) is 0 Å². The van der Waals surface area contributed by atoms with Crippen LogP contribution in [0.15, 0.2) is 17.2 Å². The fraction of sp³-hybridized carbons (Fsp3) is 0.167. The summed E-state index contributed by atoms with van der Waals surface area (Å²) in [6.45, 7) is 0. The lowest BCUT2D eigenvalue weighted by molar-refractivity contribution is 1.24. The van der Waals surface area contributed by atoms with Crippen molar-refractivity contribution in [2.75, 3.05) is 6.26 Å². The van der Waals surface area contributed by atoms with Gasteiger partial charge in [-0.15, -0.1) is 11.8 Å². The summed E-state index contributed by atoms with van der Waals surface area (Å²) in [6.07, 6.45) is 3.50. The molecule has 0 radical (unpaired) electrons. The first-order valence-corrected chi connectivity index (χ1v) is 4.57. The molecule has 0 N–H and O–H groups in total. The second kappa shape index (κ2) is 3.46. The lowest BCUT2D eigenvalue weighted by atomic mass is 10.5. The molecule has 0 atom stereocenters. The maximum Gasteiger partial charge on any atom is 0.144 e. The van der Waals surface area contributed by atoms with Crippen LogP contribution < -0.4 is 0 Å². The van der Waals surface area contributed by atoms with Gasteiger partial charge in [-0.1, -0.05) is 23.2 Å². The van der Waals surface area contributed by atoms with Crippen LogP contribution in [0, 0.1) is 0 Å². The molecule has 0 aromatic carbocycles. The zero-order valence-corrected chi connectivity index (χ0v) is 7.59. The van der Waals surface area contributed by atoms with Crippen LogP contribution in [0.5, 0.6) is 0 Å². The van der Waals surface area contributed by atoms with Gasteiger partial charge in [0.05, 0.1) is 9.92 Å². The Morgan fingerprint density at radius 3 is 2.60 bits per heavy atom. The summed E-state index contributed by atoms with van der Waals surface area (Å²) in [5.74, 6) is 0. The lowest BCUT2D eigenvalue weighted by Crippen LogP contribution is -1.78. The molecule has 10 heavy (non-hydrogen) atoms. The number of pyridine rings is 1. The van der Waals surface area contributed by atoms with Gasteiger partial charge in [0.15, 0.2) is 0 Å². The molecule has 1 aromatic heterocycles. The molecular weight excluding hydrogens is 189 g/mol. The van der Waals surface area contributed by atoms with Gasteiger partial charge in [-0.3, -0.25) is 0 Å². The highest BCUT2D eigenvalue weighted by Gasteiger charge is 2.02. The standard InChI is InChI=1S/C6H5Cl2NS/c1-10-5-4(7)2-3-9-6(5)8/h2-3H,1H3. The number of nitrogens with zero attached hydrogens (tertiary/aromatic N) is 1. The first kappa shape index (κ1) is 8.18. The van der Waals surface area contributed by atoms with Crippen LogP contribution in [0.1, 0.15) is 0 Å². The van der Waals surface area contributed by atoms with E-state index in [0.29, 0.717) is 10.2 Å². The predicted molar refractivity (Wildman–Crippen MR) is 46.0 cm³/mol. The summed E-state index contributed by atoms with van der Waals surface area (Å²) in [5.41, 5.74) is 0. The fourth-order valence-corrected chi connectivity index (χ4v) is 1.88. The third kappa shape index (κ3) is 1.57. The van der Waals surface area contributed by atoms with Gasteiger partial charge in [0.1, 0.15) is 5.15 Å². The molecular formula is C6H5Cl2NS. The lowest BCUT2D eigenvalue weighted by Gasteiger charge is -1.99. The fourth-order valence-electron chi connectivity index (χ4n) is 0.583. The molecule has 0 fully saturated rings. The Hall–Kier alpha value is 0.0800. The highest BCUT2D eigenvalue weighted by atomic mass is 35.5. The summed E-state index contributed by atoms with van der Waals surface area (Å²) in [7, 11) is 0. The first-order chi connectivity index (χ1) is 4.75. The van der Waals surface area contributed by atoms with Crippen LogP contribution in [-0.2, 0) is 0 Å². The summed E-state index contributed by atoms with van der Waals surface area (Å²) in [6, 6.07) is 1.72. The highest BCUT2D eigenvalue weighted by Crippen LogP contribution is 2.29. The van der Waals surface area contributed by atoms with Gasteiger partial charge in [-0.2, -0.15) is 0 Å². The van der Waals surface area contributed by atoms with E-state index in [2.05, 4.69) is 4.98 Å². The van der Waals surface area contributed by atoms with Gasteiger partial charge < -0.3 is 0 Å². The second-order valence-corrected chi connectivity index (χ2v) is 3.20. The van der Waals surface area contributed by atoms with Gasteiger partial charge >= 0.3 is 0 Å². The number of halogens is 2. The first-order valence-electron chi connectivity index (χ1n) is 2.59. The Morgan fingerprint density at radius 2 is 2.20 bits per heavy atom. The van der Waals surface area contributed by atoms with Gasteiger partial charge in [0.2, 0.25) is 0 Å². The third-order valence-corrected chi connectivity index (χ3v) is 2.66. The molecule has 4 heteroatoms. The van der Waals surface area contributed by atoms with Gasteiger partial charge in [-0.05, 0) is 12.3 Å². The molecule has 0 aliphatic carbocycles. The van der Waals surface area contributed by atoms with Gasteiger partial charge in [0.25, 0.3) is 0 Å². The summed E-state index contributed by atoms with van der Waals surface area (Å²) in [5, 5.41) is 1.13. The number of thioether (sulfide) groups is 1. The van der Waals surface area contributed by atoms with E-state index >= 15 is 0 Å². The zero-order valence-electron chi connectivity index (χ0n) is 5.27.